The van der Waals surface area contributed by atoms with Crippen LogP contribution in [0.4, 0.5) is 0 Å². The molecule has 4 rings (SSSR count). The Bertz CT molecular complexity index is 1270. The summed E-state index contributed by atoms with van der Waals surface area (Å²) in [7, 11) is 0. The maximum atomic E-state index is 13.6. The van der Waals surface area contributed by atoms with Gasteiger partial charge in [0, 0.05) is 11.4 Å². The monoisotopic (exact) mass is 658 g/mol. The topological polar surface area (TPSA) is 105 Å². The van der Waals surface area contributed by atoms with Crippen molar-refractivity contribution in [1.29, 1.82) is 0 Å². The number of likely N-dealkylation sites (tertiary alicyclic amines) is 1. The molecule has 1 heterocycles. The number of nitrogens with zero attached hydrogens (tertiary/aromatic N) is 1. The van der Waals surface area contributed by atoms with E-state index in [0.29, 0.717) is 9.99 Å². The Balaban J connectivity index is 1.54. The van der Waals surface area contributed by atoms with Crippen molar-refractivity contribution in [2.45, 2.75) is 37.4 Å². The quantitative estimate of drug-likeness (QED) is 0.112. The minimum atomic E-state index is -1.45. The van der Waals surface area contributed by atoms with Crippen LogP contribution >= 0.6 is 34.8 Å². The summed E-state index contributed by atoms with van der Waals surface area (Å²) in [5.41, 5.74) is 1.89. The number of aliphatic hydroxyl groups is 1. The molecule has 3 aromatic carbocycles. The van der Waals surface area contributed by atoms with E-state index < -0.39 is 48.3 Å². The van der Waals surface area contributed by atoms with E-state index in [1.54, 1.807) is 30.3 Å². The number of benzene rings is 3. The number of alkyl halides is 1. The summed E-state index contributed by atoms with van der Waals surface area (Å²) < 4.78 is 12.0. The molecule has 202 valence electrons. The highest BCUT2D eigenvalue weighted by atomic mass is 127. The van der Waals surface area contributed by atoms with E-state index in [0.717, 1.165) is 11.1 Å². The lowest BCUT2D eigenvalue weighted by Crippen LogP contribution is -2.75. The summed E-state index contributed by atoms with van der Waals surface area (Å²) in [5, 5.41) is 13.1. The third-order valence-electron chi connectivity index (χ3n) is 6.25. The molecular formula is C29H27IN2O6S. The number of hydrogen-bond acceptors (Lipinski definition) is 7. The number of aliphatic hydroxyl groups excluding tert-OH is 1. The molecule has 3 aromatic rings. The Kier molecular flexibility index (Phi) is 9.65. The van der Waals surface area contributed by atoms with Crippen LogP contribution in [0.2, 0.25) is 0 Å². The van der Waals surface area contributed by atoms with Crippen LogP contribution in [-0.4, -0.2) is 55.6 Å². The average Bonchev–Trinajstić information content (AvgIpc) is 2.96. The molecule has 1 saturated heterocycles. The van der Waals surface area contributed by atoms with Crippen molar-refractivity contribution in [2.75, 3.05) is 4.43 Å². The molecule has 0 aliphatic carbocycles. The Labute approximate surface area is 245 Å². The molecule has 8 nitrogen and oxygen atoms in total. The first kappa shape index (κ1) is 28.7. The molecule has 0 spiro atoms. The van der Waals surface area contributed by atoms with E-state index in [4.69, 9.17) is 21.7 Å². The van der Waals surface area contributed by atoms with Gasteiger partial charge < -0.3 is 19.9 Å². The Hall–Kier alpha value is -3.35. The number of halogens is 1. The molecule has 10 heteroatoms. The number of rotatable bonds is 10. The standard InChI is InChI=1S/C29H27IN2O6S/c1-18(39)37-28(29(36)38-25(20-13-7-3-8-14-20)21-15-9-4-10-16-21)32-22(17-30)23(27(32)35)31-26(34)24(33)19-11-5-2-6-12-19/h2-16,22-25,28,33H,17H2,1H3,(H,31,34)/t22-,23+,24?,28?/m0/s1. The highest BCUT2D eigenvalue weighted by molar-refractivity contribution is 14.1. The molecule has 1 aliphatic rings. The van der Waals surface area contributed by atoms with Gasteiger partial charge in [-0.3, -0.25) is 14.5 Å². The van der Waals surface area contributed by atoms with Crippen LogP contribution in [0.3, 0.4) is 0 Å². The SMILES string of the molecule is CC(=S)OC(C(=O)OC(c1ccccc1)c1ccccc1)N1C(=O)[C@H](NC(=O)C(O)c2ccccc2)[C@@H]1CI. The second-order valence-electron chi connectivity index (χ2n) is 8.87. The smallest absolute Gasteiger partial charge is 0.370 e. The van der Waals surface area contributed by atoms with Crippen molar-refractivity contribution in [1.82, 2.24) is 10.2 Å². The third-order valence-corrected chi connectivity index (χ3v) is 7.25. The molecule has 4 atom stereocenters. The molecule has 0 radical (unpaired) electrons. The molecule has 39 heavy (non-hydrogen) atoms. The van der Waals surface area contributed by atoms with Crippen LogP contribution in [0.1, 0.15) is 35.8 Å². The largest absolute Gasteiger partial charge is 0.453 e. The van der Waals surface area contributed by atoms with Gasteiger partial charge in [-0.05, 0) is 28.9 Å². The van der Waals surface area contributed by atoms with Gasteiger partial charge in [0.25, 0.3) is 18.0 Å². The first-order valence-corrected chi connectivity index (χ1v) is 14.1. The first-order valence-electron chi connectivity index (χ1n) is 12.2. The van der Waals surface area contributed by atoms with Crippen LogP contribution in [0.25, 0.3) is 0 Å². The summed E-state index contributed by atoms with van der Waals surface area (Å²) in [5.74, 6) is -2.05. The summed E-state index contributed by atoms with van der Waals surface area (Å²) in [6, 6.07) is 25.3. The second kappa shape index (κ2) is 13.1. The van der Waals surface area contributed by atoms with Crippen LogP contribution in [0, 0.1) is 0 Å². The lowest BCUT2D eigenvalue weighted by molar-refractivity contribution is -0.186. The van der Waals surface area contributed by atoms with E-state index >= 15 is 0 Å². The fraction of sp³-hybridized carbons (Fsp3) is 0.241. The molecule has 1 fully saturated rings. The van der Waals surface area contributed by atoms with E-state index in [1.165, 1.54) is 11.8 Å². The van der Waals surface area contributed by atoms with Gasteiger partial charge in [-0.15, -0.1) is 0 Å². The molecule has 0 saturated carbocycles. The maximum absolute atomic E-state index is 13.6. The number of hydrogen-bond donors (Lipinski definition) is 2. The Morgan fingerprint density at radius 2 is 1.41 bits per heavy atom. The van der Waals surface area contributed by atoms with E-state index in [2.05, 4.69) is 27.9 Å². The summed E-state index contributed by atoms with van der Waals surface area (Å²) in [6.07, 6.45) is -3.64. The lowest BCUT2D eigenvalue weighted by atomic mass is 9.95. The highest BCUT2D eigenvalue weighted by Crippen LogP contribution is 2.31. The number of β-lactam (4-membered cyclic amide) rings is 1. The number of nitrogens with one attached hydrogen (secondary N) is 1. The summed E-state index contributed by atoms with van der Waals surface area (Å²) in [6.45, 7) is 1.50. The number of esters is 1. The van der Waals surface area contributed by atoms with E-state index in [1.807, 2.05) is 60.7 Å². The molecule has 2 amide bonds. The van der Waals surface area contributed by atoms with Gasteiger partial charge in [0.2, 0.25) is 0 Å². The van der Waals surface area contributed by atoms with Crippen LogP contribution < -0.4 is 5.32 Å². The van der Waals surface area contributed by atoms with Crippen molar-refractivity contribution in [3.63, 3.8) is 0 Å². The van der Waals surface area contributed by atoms with Gasteiger partial charge >= 0.3 is 5.97 Å². The molecule has 2 N–H and O–H groups in total. The minimum absolute atomic E-state index is 0.0555. The van der Waals surface area contributed by atoms with E-state index in [9.17, 15) is 19.5 Å². The zero-order chi connectivity index (χ0) is 27.9. The van der Waals surface area contributed by atoms with Gasteiger partial charge in [-0.25, -0.2) is 4.79 Å². The molecule has 1 aliphatic heterocycles. The van der Waals surface area contributed by atoms with Gasteiger partial charge in [0.15, 0.2) is 17.3 Å². The fourth-order valence-corrected chi connectivity index (χ4v) is 5.36. The second-order valence-corrected chi connectivity index (χ2v) is 10.3. The Morgan fingerprint density at radius 1 is 0.923 bits per heavy atom. The molecular weight excluding hydrogens is 631 g/mol. The highest BCUT2D eigenvalue weighted by Gasteiger charge is 2.54. The molecule has 2 unspecified atom stereocenters. The van der Waals surface area contributed by atoms with Gasteiger partial charge in [0.1, 0.15) is 6.04 Å². The Morgan fingerprint density at radius 3 is 1.87 bits per heavy atom. The van der Waals surface area contributed by atoms with Crippen molar-refractivity contribution < 1.29 is 29.0 Å². The predicted octanol–water partition coefficient (Wildman–Crippen LogP) is 3.87. The first-order chi connectivity index (χ1) is 18.8. The van der Waals surface area contributed by atoms with Crippen molar-refractivity contribution in [3.05, 3.63) is 108 Å². The lowest BCUT2D eigenvalue weighted by Gasteiger charge is -2.48. The minimum Gasteiger partial charge on any atom is -0.453 e. The maximum Gasteiger partial charge on any atom is 0.370 e. The number of carbonyl (C=O) groups is 3. The van der Waals surface area contributed by atoms with Crippen molar-refractivity contribution in [3.8, 4) is 0 Å². The number of ether oxygens (including phenoxy) is 2. The summed E-state index contributed by atoms with van der Waals surface area (Å²) in [4.78, 5) is 40.8. The van der Waals surface area contributed by atoms with Crippen molar-refractivity contribution in [2.24, 2.45) is 0 Å². The number of thiocarbonyl (C=S) groups is 1. The fourth-order valence-electron chi connectivity index (χ4n) is 4.33. The van der Waals surface area contributed by atoms with E-state index in [-0.39, 0.29) is 5.05 Å². The van der Waals surface area contributed by atoms with Crippen LogP contribution in [0.5, 0.6) is 0 Å². The van der Waals surface area contributed by atoms with Gasteiger partial charge in [0.05, 0.1) is 6.04 Å². The molecule has 0 aromatic heterocycles. The molecule has 0 bridgehead atoms. The zero-order valence-electron chi connectivity index (χ0n) is 21.0. The van der Waals surface area contributed by atoms with Crippen LogP contribution in [0.15, 0.2) is 91.0 Å². The van der Waals surface area contributed by atoms with Crippen LogP contribution in [-0.2, 0) is 23.9 Å². The van der Waals surface area contributed by atoms with Crippen molar-refractivity contribution >= 4 is 57.6 Å². The number of amides is 2. The number of carbonyl (C=O) groups excluding carboxylic acids is 3. The van der Waals surface area contributed by atoms with Gasteiger partial charge in [-0.1, -0.05) is 114 Å². The summed E-state index contributed by atoms with van der Waals surface area (Å²) >= 11 is 7.18. The predicted molar refractivity (Wildman–Crippen MR) is 157 cm³/mol. The third kappa shape index (κ3) is 6.63. The average molecular weight is 659 g/mol. The zero-order valence-corrected chi connectivity index (χ0v) is 23.9. The van der Waals surface area contributed by atoms with Gasteiger partial charge in [-0.2, -0.15) is 0 Å². The normalized spacial score (nSPS) is 18.1.